The van der Waals surface area contributed by atoms with Crippen LogP contribution in [0.3, 0.4) is 0 Å². The van der Waals surface area contributed by atoms with E-state index in [0.717, 1.165) is 28.4 Å². The predicted octanol–water partition coefficient (Wildman–Crippen LogP) is 3.62. The Bertz CT molecular complexity index is 1160. The molecule has 0 saturated carbocycles. The van der Waals surface area contributed by atoms with Crippen LogP contribution < -0.4 is 9.62 Å². The van der Waals surface area contributed by atoms with Crippen LogP contribution >= 0.6 is 11.8 Å². The molecule has 10 nitrogen and oxygen atoms in total. The highest BCUT2D eigenvalue weighted by molar-refractivity contribution is 7.99. The van der Waals surface area contributed by atoms with E-state index in [1.807, 2.05) is 20.8 Å². The molecule has 2 heterocycles. The molecule has 3 rings (SSSR count). The molecule has 1 fully saturated rings. The Morgan fingerprint density at radius 3 is 2.34 bits per heavy atom. The van der Waals surface area contributed by atoms with Crippen LogP contribution in [0.2, 0.25) is 0 Å². The van der Waals surface area contributed by atoms with Crippen molar-refractivity contribution in [3.63, 3.8) is 0 Å². The molecule has 0 radical (unpaired) electrons. The molecule has 1 saturated heterocycles. The van der Waals surface area contributed by atoms with Gasteiger partial charge in [-0.1, -0.05) is 12.1 Å². The number of aromatic nitrogens is 2. The van der Waals surface area contributed by atoms with E-state index in [1.54, 1.807) is 53.1 Å². The Morgan fingerprint density at radius 1 is 1.11 bits per heavy atom. The quantitative estimate of drug-likeness (QED) is 0.612. The standard InChI is InChI=1S/C23H31N5O5S2/c1-23(2,3)33-22(30)28-14-12-16(13-15-28)34-20-11-10-19(25-26-20)24-21(29)17-8-6-7-9-18(17)27(4)35(5,31)32/h6-11,16H,12-15H2,1-5H3,(H,24,25,29). The average molecular weight is 522 g/mol. The number of sulfonamides is 1. The zero-order valence-electron chi connectivity index (χ0n) is 20.5. The average Bonchev–Trinajstić information content (AvgIpc) is 2.78. The number of para-hydroxylation sites is 1. The summed E-state index contributed by atoms with van der Waals surface area (Å²) in [6, 6.07) is 9.88. The van der Waals surface area contributed by atoms with E-state index in [-0.39, 0.29) is 23.2 Å². The second-order valence-electron chi connectivity index (χ2n) is 9.24. The molecule has 2 aromatic rings. The summed E-state index contributed by atoms with van der Waals surface area (Å²) in [6.07, 6.45) is 2.42. The maximum absolute atomic E-state index is 12.8. The van der Waals surface area contributed by atoms with Crippen molar-refractivity contribution < 1.29 is 22.7 Å². The molecule has 1 aliphatic heterocycles. The van der Waals surface area contributed by atoms with Crippen molar-refractivity contribution in [3.8, 4) is 0 Å². The third-order valence-corrected chi connectivity index (χ3v) is 7.70. The van der Waals surface area contributed by atoms with Gasteiger partial charge in [0, 0.05) is 25.4 Å². The number of nitrogens with one attached hydrogen (secondary N) is 1. The molecule has 1 aromatic carbocycles. The van der Waals surface area contributed by atoms with Crippen molar-refractivity contribution in [2.24, 2.45) is 0 Å². The minimum atomic E-state index is -3.53. The lowest BCUT2D eigenvalue weighted by molar-refractivity contribution is 0.0219. The molecule has 190 valence electrons. The summed E-state index contributed by atoms with van der Waals surface area (Å²) in [6.45, 7) is 6.80. The van der Waals surface area contributed by atoms with Crippen LogP contribution in [0.1, 0.15) is 44.0 Å². The summed E-state index contributed by atoms with van der Waals surface area (Å²) < 4.78 is 30.3. The molecule has 1 aromatic heterocycles. The first-order valence-electron chi connectivity index (χ1n) is 11.2. The number of ether oxygens (including phenoxy) is 1. The first kappa shape index (κ1) is 26.7. The fraction of sp³-hybridized carbons (Fsp3) is 0.478. The zero-order chi connectivity index (χ0) is 25.8. The Hall–Kier alpha value is -2.86. The maximum atomic E-state index is 12.8. The zero-order valence-corrected chi connectivity index (χ0v) is 22.1. The van der Waals surface area contributed by atoms with E-state index >= 15 is 0 Å². The van der Waals surface area contributed by atoms with Gasteiger partial charge in [-0.2, -0.15) is 0 Å². The van der Waals surface area contributed by atoms with Gasteiger partial charge in [0.2, 0.25) is 10.0 Å². The highest BCUT2D eigenvalue weighted by Crippen LogP contribution is 2.30. The number of nitrogens with zero attached hydrogens (tertiary/aromatic N) is 4. The van der Waals surface area contributed by atoms with E-state index in [0.29, 0.717) is 18.3 Å². The second-order valence-corrected chi connectivity index (χ2v) is 12.6. The number of rotatable bonds is 6. The van der Waals surface area contributed by atoms with E-state index in [4.69, 9.17) is 4.74 Å². The number of hydrogen-bond acceptors (Lipinski definition) is 8. The summed E-state index contributed by atoms with van der Waals surface area (Å²) in [7, 11) is -2.13. The van der Waals surface area contributed by atoms with Crippen LogP contribution in [-0.2, 0) is 14.8 Å². The van der Waals surface area contributed by atoms with Gasteiger partial charge < -0.3 is 15.0 Å². The van der Waals surface area contributed by atoms with Crippen molar-refractivity contribution in [1.29, 1.82) is 0 Å². The summed E-state index contributed by atoms with van der Waals surface area (Å²) in [5.41, 5.74) is -0.0380. The van der Waals surface area contributed by atoms with E-state index in [2.05, 4.69) is 15.5 Å². The first-order chi connectivity index (χ1) is 16.3. The van der Waals surface area contributed by atoms with Gasteiger partial charge in [-0.15, -0.1) is 22.0 Å². The Morgan fingerprint density at radius 2 is 1.77 bits per heavy atom. The summed E-state index contributed by atoms with van der Waals surface area (Å²) in [5.74, 6) is -0.226. The number of piperidine rings is 1. The van der Waals surface area contributed by atoms with Gasteiger partial charge in [-0.3, -0.25) is 9.10 Å². The van der Waals surface area contributed by atoms with Gasteiger partial charge in [0.05, 0.1) is 17.5 Å². The fourth-order valence-corrected chi connectivity index (χ4v) is 4.94. The molecule has 0 aliphatic carbocycles. The molecule has 1 N–H and O–H groups in total. The van der Waals surface area contributed by atoms with Gasteiger partial charge in [-0.25, -0.2) is 13.2 Å². The minimum absolute atomic E-state index is 0.206. The summed E-state index contributed by atoms with van der Waals surface area (Å²) in [5, 5.41) is 12.0. The number of benzene rings is 1. The monoisotopic (exact) mass is 521 g/mol. The predicted molar refractivity (Wildman–Crippen MR) is 136 cm³/mol. The van der Waals surface area contributed by atoms with E-state index in [1.165, 1.54) is 7.05 Å². The number of carbonyl (C=O) groups is 2. The summed E-state index contributed by atoms with van der Waals surface area (Å²) in [4.78, 5) is 26.7. The highest BCUT2D eigenvalue weighted by atomic mass is 32.2. The number of hydrogen-bond donors (Lipinski definition) is 1. The van der Waals surface area contributed by atoms with Crippen LogP contribution in [0.5, 0.6) is 0 Å². The van der Waals surface area contributed by atoms with Gasteiger partial charge >= 0.3 is 6.09 Å². The Balaban J connectivity index is 1.56. The van der Waals surface area contributed by atoms with Gasteiger partial charge in [0.25, 0.3) is 5.91 Å². The first-order valence-corrected chi connectivity index (χ1v) is 13.9. The van der Waals surface area contributed by atoms with Crippen LogP contribution in [0, 0.1) is 0 Å². The summed E-state index contributed by atoms with van der Waals surface area (Å²) >= 11 is 1.59. The largest absolute Gasteiger partial charge is 0.444 e. The number of likely N-dealkylation sites (tertiary alicyclic amines) is 1. The highest BCUT2D eigenvalue weighted by Gasteiger charge is 2.27. The topological polar surface area (TPSA) is 122 Å². The number of carbonyl (C=O) groups excluding carboxylic acids is 2. The molecule has 0 unspecified atom stereocenters. The van der Waals surface area contributed by atoms with Crippen molar-refractivity contribution in [2.45, 2.75) is 49.5 Å². The third kappa shape index (κ3) is 7.56. The number of anilines is 2. The lowest BCUT2D eigenvalue weighted by atomic mass is 10.1. The van der Waals surface area contributed by atoms with Crippen LogP contribution in [0.25, 0.3) is 0 Å². The molecule has 2 amide bonds. The van der Waals surface area contributed by atoms with Gasteiger partial charge in [-0.05, 0) is 57.9 Å². The van der Waals surface area contributed by atoms with Crippen molar-refractivity contribution in [1.82, 2.24) is 15.1 Å². The normalized spacial score (nSPS) is 14.9. The lowest BCUT2D eigenvalue weighted by Gasteiger charge is -2.33. The molecule has 0 atom stereocenters. The number of thioether (sulfide) groups is 1. The van der Waals surface area contributed by atoms with Gasteiger partial charge in [0.1, 0.15) is 10.6 Å². The van der Waals surface area contributed by atoms with Crippen LogP contribution in [0.4, 0.5) is 16.3 Å². The SMILES string of the molecule is CN(c1ccccc1C(=O)Nc1ccc(SC2CCN(C(=O)OC(C)(C)C)CC2)nn1)S(C)(=O)=O. The molecular formula is C23H31N5O5S2. The third-order valence-electron chi connectivity index (χ3n) is 5.25. The van der Waals surface area contributed by atoms with E-state index < -0.39 is 21.5 Å². The smallest absolute Gasteiger partial charge is 0.410 e. The number of amides is 2. The molecule has 0 spiro atoms. The molecule has 0 bridgehead atoms. The van der Waals surface area contributed by atoms with Crippen LogP contribution in [-0.4, -0.2) is 72.8 Å². The fourth-order valence-electron chi connectivity index (χ4n) is 3.41. The second kappa shape index (κ2) is 10.8. The minimum Gasteiger partial charge on any atom is -0.444 e. The van der Waals surface area contributed by atoms with Gasteiger partial charge in [0.15, 0.2) is 5.82 Å². The molecular weight excluding hydrogens is 490 g/mol. The Kier molecular flexibility index (Phi) is 8.26. The molecule has 1 aliphatic rings. The lowest BCUT2D eigenvalue weighted by Crippen LogP contribution is -2.42. The van der Waals surface area contributed by atoms with Crippen LogP contribution in [0.15, 0.2) is 41.4 Å². The Labute approximate surface area is 210 Å². The van der Waals surface area contributed by atoms with Crippen molar-refractivity contribution in [2.75, 3.05) is 36.0 Å². The van der Waals surface area contributed by atoms with Crippen molar-refractivity contribution in [3.05, 3.63) is 42.0 Å². The molecule has 35 heavy (non-hydrogen) atoms. The van der Waals surface area contributed by atoms with Crippen molar-refractivity contribution >= 4 is 45.3 Å². The molecule has 12 heteroatoms. The maximum Gasteiger partial charge on any atom is 0.410 e. The van der Waals surface area contributed by atoms with E-state index in [9.17, 15) is 18.0 Å².